The number of allylic oxidation sites excluding steroid dienone is 1. The molecule has 1 aliphatic carbocycles. The summed E-state index contributed by atoms with van der Waals surface area (Å²) in [5.41, 5.74) is 1.17. The molecular formula is C18H28O6. The van der Waals surface area contributed by atoms with Crippen molar-refractivity contribution in [3.8, 4) is 0 Å². The van der Waals surface area contributed by atoms with Crippen LogP contribution in [-0.4, -0.2) is 55.0 Å². The zero-order valence-corrected chi connectivity index (χ0v) is 14.9. The summed E-state index contributed by atoms with van der Waals surface area (Å²) in [5, 5.41) is 10.8. The summed E-state index contributed by atoms with van der Waals surface area (Å²) in [6.45, 7) is 7.27. The number of rotatable bonds is 5. The molecule has 6 unspecified atom stereocenters. The van der Waals surface area contributed by atoms with E-state index in [2.05, 4.69) is 12.3 Å². The van der Waals surface area contributed by atoms with Crippen LogP contribution in [0, 0.1) is 5.92 Å². The van der Waals surface area contributed by atoms with Gasteiger partial charge < -0.3 is 24.1 Å². The number of esters is 1. The highest BCUT2D eigenvalue weighted by Gasteiger charge is 2.56. The lowest BCUT2D eigenvalue weighted by Crippen LogP contribution is -2.64. The SMILES string of the molecule is C=C=CCCC1CC(O)(C(=O)OC)CC2OC(C)(OC)C(C)OC12. The summed E-state index contributed by atoms with van der Waals surface area (Å²) in [6.07, 6.45) is 2.83. The van der Waals surface area contributed by atoms with E-state index >= 15 is 0 Å². The first-order valence-electron chi connectivity index (χ1n) is 8.33. The van der Waals surface area contributed by atoms with Crippen LogP contribution in [0.1, 0.15) is 39.5 Å². The first-order chi connectivity index (χ1) is 11.3. The quantitative estimate of drug-likeness (QED) is 0.609. The first kappa shape index (κ1) is 19.2. The predicted octanol–water partition coefficient (Wildman–Crippen LogP) is 1.96. The second kappa shape index (κ2) is 7.38. The summed E-state index contributed by atoms with van der Waals surface area (Å²) >= 11 is 0. The summed E-state index contributed by atoms with van der Waals surface area (Å²) in [6, 6.07) is 0. The minimum absolute atomic E-state index is 0.0405. The molecule has 1 aliphatic heterocycles. The lowest BCUT2D eigenvalue weighted by Gasteiger charge is -2.53. The van der Waals surface area contributed by atoms with Crippen molar-refractivity contribution in [2.24, 2.45) is 5.92 Å². The summed E-state index contributed by atoms with van der Waals surface area (Å²) in [7, 11) is 2.84. The number of methoxy groups -OCH3 is 2. The smallest absolute Gasteiger partial charge is 0.337 e. The van der Waals surface area contributed by atoms with Gasteiger partial charge in [0, 0.05) is 13.5 Å². The molecule has 1 saturated heterocycles. The van der Waals surface area contributed by atoms with E-state index < -0.39 is 23.5 Å². The molecule has 2 aliphatic rings. The Kier molecular flexibility index (Phi) is 5.89. The molecule has 1 N–H and O–H groups in total. The van der Waals surface area contributed by atoms with E-state index in [-0.39, 0.29) is 31.0 Å². The highest BCUT2D eigenvalue weighted by atomic mass is 16.7. The molecule has 1 heterocycles. The minimum Gasteiger partial charge on any atom is -0.467 e. The molecule has 0 aromatic carbocycles. The molecule has 0 radical (unpaired) electrons. The molecule has 0 aromatic heterocycles. The molecule has 1 saturated carbocycles. The van der Waals surface area contributed by atoms with Crippen molar-refractivity contribution in [3.05, 3.63) is 18.4 Å². The number of fused-ring (bicyclic) bond motifs is 1. The Morgan fingerprint density at radius 1 is 1.46 bits per heavy atom. The van der Waals surface area contributed by atoms with E-state index in [1.807, 2.05) is 13.0 Å². The van der Waals surface area contributed by atoms with Gasteiger partial charge >= 0.3 is 5.97 Å². The molecule has 0 spiro atoms. The van der Waals surface area contributed by atoms with Gasteiger partial charge in [0.1, 0.15) is 6.10 Å². The molecule has 6 nitrogen and oxygen atoms in total. The van der Waals surface area contributed by atoms with E-state index in [0.717, 1.165) is 12.8 Å². The molecule has 0 aromatic rings. The molecule has 2 fully saturated rings. The van der Waals surface area contributed by atoms with Gasteiger partial charge in [-0.1, -0.05) is 6.58 Å². The van der Waals surface area contributed by atoms with Crippen LogP contribution < -0.4 is 0 Å². The molecule has 24 heavy (non-hydrogen) atoms. The minimum atomic E-state index is -1.57. The van der Waals surface area contributed by atoms with Gasteiger partial charge in [0.25, 0.3) is 0 Å². The maximum atomic E-state index is 12.1. The Labute approximate surface area is 143 Å². The normalized spacial score (nSPS) is 41.9. The molecular weight excluding hydrogens is 312 g/mol. The van der Waals surface area contributed by atoms with Gasteiger partial charge in [-0.2, -0.15) is 0 Å². The third kappa shape index (κ3) is 3.58. The van der Waals surface area contributed by atoms with Crippen molar-refractivity contribution in [1.82, 2.24) is 0 Å². The lowest BCUT2D eigenvalue weighted by molar-refractivity contribution is -0.365. The maximum Gasteiger partial charge on any atom is 0.337 e. The van der Waals surface area contributed by atoms with Crippen molar-refractivity contribution in [2.75, 3.05) is 14.2 Å². The van der Waals surface area contributed by atoms with E-state index in [1.165, 1.54) is 7.11 Å². The zero-order chi connectivity index (χ0) is 18.0. The molecule has 6 heteroatoms. The van der Waals surface area contributed by atoms with Crippen LogP contribution in [0.4, 0.5) is 0 Å². The average Bonchev–Trinajstić information content (AvgIpc) is 2.56. The van der Waals surface area contributed by atoms with Crippen molar-refractivity contribution >= 4 is 5.97 Å². The van der Waals surface area contributed by atoms with Crippen molar-refractivity contribution < 1.29 is 28.8 Å². The summed E-state index contributed by atoms with van der Waals surface area (Å²) < 4.78 is 22.6. The van der Waals surface area contributed by atoms with Crippen LogP contribution in [0.5, 0.6) is 0 Å². The van der Waals surface area contributed by atoms with Crippen LogP contribution in [0.25, 0.3) is 0 Å². The molecule has 2 rings (SSSR count). The monoisotopic (exact) mass is 340 g/mol. The molecule has 0 amide bonds. The standard InChI is InChI=1S/C18H28O6/c1-6-7-8-9-13-10-18(20,16(19)21-4)11-14-15(13)23-12(2)17(3,22-5)24-14/h7,12-15,20H,1,8-11H2,2-5H3. The summed E-state index contributed by atoms with van der Waals surface area (Å²) in [5.74, 6) is -1.59. The van der Waals surface area contributed by atoms with Gasteiger partial charge in [-0.05, 0) is 45.1 Å². The van der Waals surface area contributed by atoms with Crippen molar-refractivity contribution in [2.45, 2.75) is 69.2 Å². The number of carbonyl (C=O) groups excluding carboxylic acids is 1. The second-order valence-electron chi connectivity index (χ2n) is 6.80. The van der Waals surface area contributed by atoms with Gasteiger partial charge in [-0.25, -0.2) is 4.79 Å². The molecule has 6 atom stereocenters. The first-order valence-corrected chi connectivity index (χ1v) is 8.33. The third-order valence-corrected chi connectivity index (χ3v) is 5.25. The Balaban J connectivity index is 2.26. The molecule has 136 valence electrons. The number of ether oxygens (including phenoxy) is 4. The largest absolute Gasteiger partial charge is 0.467 e. The fourth-order valence-electron chi connectivity index (χ4n) is 3.69. The van der Waals surface area contributed by atoms with Gasteiger partial charge in [-0.15, -0.1) is 5.73 Å². The van der Waals surface area contributed by atoms with Crippen LogP contribution in [0.2, 0.25) is 0 Å². The Hall–Kier alpha value is -1.17. The number of carbonyl (C=O) groups is 1. The van der Waals surface area contributed by atoms with Crippen LogP contribution in [0.3, 0.4) is 0 Å². The Morgan fingerprint density at radius 2 is 2.17 bits per heavy atom. The highest BCUT2D eigenvalue weighted by Crippen LogP contribution is 2.44. The van der Waals surface area contributed by atoms with Crippen LogP contribution >= 0.6 is 0 Å². The van der Waals surface area contributed by atoms with E-state index in [4.69, 9.17) is 18.9 Å². The van der Waals surface area contributed by atoms with E-state index in [9.17, 15) is 9.90 Å². The third-order valence-electron chi connectivity index (χ3n) is 5.25. The van der Waals surface area contributed by atoms with Gasteiger partial charge in [0.15, 0.2) is 11.4 Å². The van der Waals surface area contributed by atoms with Gasteiger partial charge in [0.05, 0.1) is 19.3 Å². The number of hydrogen-bond donors (Lipinski definition) is 1. The van der Waals surface area contributed by atoms with E-state index in [1.54, 1.807) is 14.0 Å². The van der Waals surface area contributed by atoms with Gasteiger partial charge in [-0.3, -0.25) is 0 Å². The fraction of sp³-hybridized carbons (Fsp3) is 0.778. The maximum absolute atomic E-state index is 12.1. The number of hydrogen-bond acceptors (Lipinski definition) is 6. The Morgan fingerprint density at radius 3 is 2.75 bits per heavy atom. The second-order valence-corrected chi connectivity index (χ2v) is 6.80. The highest BCUT2D eigenvalue weighted by molar-refractivity contribution is 5.79. The van der Waals surface area contributed by atoms with Crippen molar-refractivity contribution in [1.29, 1.82) is 0 Å². The topological polar surface area (TPSA) is 74.2 Å². The fourth-order valence-corrected chi connectivity index (χ4v) is 3.69. The van der Waals surface area contributed by atoms with Crippen molar-refractivity contribution in [3.63, 3.8) is 0 Å². The zero-order valence-electron chi connectivity index (χ0n) is 14.9. The lowest BCUT2D eigenvalue weighted by atomic mass is 9.72. The van der Waals surface area contributed by atoms with E-state index in [0.29, 0.717) is 0 Å². The predicted molar refractivity (Wildman–Crippen MR) is 87.3 cm³/mol. The van der Waals surface area contributed by atoms with Gasteiger partial charge in [0.2, 0.25) is 0 Å². The van der Waals surface area contributed by atoms with Crippen LogP contribution in [0.15, 0.2) is 18.4 Å². The van der Waals surface area contributed by atoms with Crippen LogP contribution in [-0.2, 0) is 23.7 Å². The number of aliphatic hydroxyl groups is 1. The summed E-state index contributed by atoms with van der Waals surface area (Å²) in [4.78, 5) is 12.1. The molecule has 0 bridgehead atoms. The average molecular weight is 340 g/mol. The Bertz CT molecular complexity index is 514.